The maximum Gasteiger partial charge on any atom is 0.0370 e. The third kappa shape index (κ3) is 4.62. The normalized spacial score (nSPS) is 23.7. The Morgan fingerprint density at radius 3 is 2.72 bits per heavy atom. The molecule has 104 valence electrons. The molecule has 0 aromatic rings. The van der Waals surface area contributed by atoms with Gasteiger partial charge in [0, 0.05) is 17.0 Å². The summed E-state index contributed by atoms with van der Waals surface area (Å²) in [5, 5.41) is 4.65. The van der Waals surface area contributed by atoms with Crippen molar-refractivity contribution in [3.63, 3.8) is 0 Å². The molecule has 1 saturated carbocycles. The predicted octanol–water partition coefficient (Wildman–Crippen LogP) is 4.53. The lowest BCUT2D eigenvalue weighted by atomic mass is 9.95. The van der Waals surface area contributed by atoms with Gasteiger partial charge >= 0.3 is 0 Å². The lowest BCUT2D eigenvalue weighted by molar-refractivity contribution is 0.514. The molecule has 1 atom stereocenters. The van der Waals surface area contributed by atoms with E-state index in [1.807, 2.05) is 0 Å². The van der Waals surface area contributed by atoms with Crippen molar-refractivity contribution in [1.82, 2.24) is 5.32 Å². The predicted molar refractivity (Wildman–Crippen MR) is 83.3 cm³/mol. The minimum absolute atomic E-state index is 0.655. The molecule has 0 aliphatic heterocycles. The zero-order valence-electron chi connectivity index (χ0n) is 11.9. The molecule has 0 radical (unpaired) electrons. The number of nitrogens with one attached hydrogen (secondary N) is 1. The number of likely N-dealkylation sites (N-methyl/N-ethyl adjacent to an activating group) is 1. The van der Waals surface area contributed by atoms with Crippen molar-refractivity contribution in [2.24, 2.45) is 0 Å². The Hall–Kier alpha value is 0.0500. The fourth-order valence-corrected chi connectivity index (χ4v) is 4.65. The molecule has 0 spiro atoms. The average molecular weight is 267 g/mol. The third-order valence-corrected chi connectivity index (χ3v) is 5.74. The molecule has 1 nitrogen and oxygen atoms in total. The van der Waals surface area contributed by atoms with Gasteiger partial charge in [-0.25, -0.2) is 0 Å². The van der Waals surface area contributed by atoms with Gasteiger partial charge in [-0.1, -0.05) is 37.8 Å². The molecule has 1 fully saturated rings. The van der Waals surface area contributed by atoms with Crippen LogP contribution in [0.5, 0.6) is 0 Å². The van der Waals surface area contributed by atoms with E-state index in [2.05, 4.69) is 30.1 Å². The molecule has 2 heteroatoms. The summed E-state index contributed by atoms with van der Waals surface area (Å²) < 4.78 is 0. The highest BCUT2D eigenvalue weighted by atomic mass is 32.2. The van der Waals surface area contributed by atoms with Crippen LogP contribution in [-0.4, -0.2) is 23.6 Å². The van der Waals surface area contributed by atoms with E-state index in [4.69, 9.17) is 0 Å². The molecule has 2 aliphatic rings. The summed E-state index contributed by atoms with van der Waals surface area (Å²) in [5.74, 6) is 1.30. The molecule has 2 aliphatic carbocycles. The van der Waals surface area contributed by atoms with Gasteiger partial charge in [-0.15, -0.1) is 0 Å². The summed E-state index contributed by atoms with van der Waals surface area (Å²) >= 11 is 2.24. The van der Waals surface area contributed by atoms with Crippen LogP contribution in [-0.2, 0) is 0 Å². The number of hydrogen-bond acceptors (Lipinski definition) is 2. The summed E-state index contributed by atoms with van der Waals surface area (Å²) in [6.45, 7) is 3.34. The summed E-state index contributed by atoms with van der Waals surface area (Å²) in [5.41, 5.74) is 1.70. The smallest absolute Gasteiger partial charge is 0.0370 e. The standard InChI is InChI=1S/C16H29NS/c1-2-17-16(14-9-5-3-6-10-14)13-18-15-11-7-4-8-12-15/h9,15-17H,2-8,10-13H2,1H3. The fraction of sp³-hybridized carbons (Fsp3) is 0.875. The topological polar surface area (TPSA) is 12.0 Å². The first kappa shape index (κ1) is 14.5. The molecule has 2 rings (SSSR count). The molecular weight excluding hydrogens is 238 g/mol. The number of allylic oxidation sites excluding steroid dienone is 1. The van der Waals surface area contributed by atoms with Gasteiger partial charge in [0.05, 0.1) is 0 Å². The van der Waals surface area contributed by atoms with Crippen LogP contribution in [0.4, 0.5) is 0 Å². The Labute approximate surface area is 117 Å². The molecule has 18 heavy (non-hydrogen) atoms. The van der Waals surface area contributed by atoms with E-state index in [1.54, 1.807) is 5.57 Å². The van der Waals surface area contributed by atoms with Crippen LogP contribution >= 0.6 is 11.8 Å². The highest BCUT2D eigenvalue weighted by Gasteiger charge is 2.19. The second kappa shape index (κ2) is 8.27. The summed E-state index contributed by atoms with van der Waals surface area (Å²) in [4.78, 5) is 0. The Kier molecular flexibility index (Phi) is 6.64. The van der Waals surface area contributed by atoms with Gasteiger partial charge in [-0.2, -0.15) is 11.8 Å². The molecule has 0 aromatic heterocycles. The van der Waals surface area contributed by atoms with Crippen molar-refractivity contribution < 1.29 is 0 Å². The molecule has 1 unspecified atom stereocenters. The Bertz CT molecular complexity index is 256. The van der Waals surface area contributed by atoms with Crippen molar-refractivity contribution in [3.05, 3.63) is 11.6 Å². The number of thioether (sulfide) groups is 1. The maximum atomic E-state index is 3.70. The van der Waals surface area contributed by atoms with E-state index in [9.17, 15) is 0 Å². The van der Waals surface area contributed by atoms with E-state index >= 15 is 0 Å². The van der Waals surface area contributed by atoms with Gasteiger partial charge < -0.3 is 5.32 Å². The second-order valence-electron chi connectivity index (χ2n) is 5.73. The first-order chi connectivity index (χ1) is 8.90. The van der Waals surface area contributed by atoms with Crippen LogP contribution in [0.2, 0.25) is 0 Å². The SMILES string of the molecule is CCNC(CSC1CCCCC1)C1=CCCCC1. The maximum absolute atomic E-state index is 3.70. The average Bonchev–Trinajstić information content (AvgIpc) is 2.45. The second-order valence-corrected chi connectivity index (χ2v) is 7.06. The van der Waals surface area contributed by atoms with Gasteiger partial charge in [0.15, 0.2) is 0 Å². The van der Waals surface area contributed by atoms with Crippen LogP contribution in [0.3, 0.4) is 0 Å². The Morgan fingerprint density at radius 1 is 1.22 bits per heavy atom. The van der Waals surface area contributed by atoms with Crippen molar-refractivity contribution in [2.75, 3.05) is 12.3 Å². The van der Waals surface area contributed by atoms with E-state index < -0.39 is 0 Å². The van der Waals surface area contributed by atoms with Crippen LogP contribution in [0.15, 0.2) is 11.6 Å². The molecule has 0 heterocycles. The minimum Gasteiger partial charge on any atom is -0.310 e. The Balaban J connectivity index is 1.79. The van der Waals surface area contributed by atoms with Gasteiger partial charge in [0.25, 0.3) is 0 Å². The molecule has 0 bridgehead atoms. The molecular formula is C16H29NS. The summed E-state index contributed by atoms with van der Waals surface area (Å²) in [6, 6.07) is 0.655. The van der Waals surface area contributed by atoms with Gasteiger partial charge in [0.1, 0.15) is 0 Å². The third-order valence-electron chi connectivity index (χ3n) is 4.28. The number of rotatable bonds is 6. The summed E-state index contributed by atoms with van der Waals surface area (Å²) in [6.07, 6.45) is 15.3. The van der Waals surface area contributed by atoms with Crippen LogP contribution in [0, 0.1) is 0 Å². The van der Waals surface area contributed by atoms with Gasteiger partial charge in [-0.3, -0.25) is 0 Å². The highest BCUT2D eigenvalue weighted by molar-refractivity contribution is 7.99. The lowest BCUT2D eigenvalue weighted by Crippen LogP contribution is -2.34. The molecule has 0 aromatic carbocycles. The van der Waals surface area contributed by atoms with E-state index in [0.717, 1.165) is 11.8 Å². The first-order valence-corrected chi connectivity index (χ1v) is 8.99. The quantitative estimate of drug-likeness (QED) is 0.710. The van der Waals surface area contributed by atoms with Gasteiger partial charge in [0.2, 0.25) is 0 Å². The largest absolute Gasteiger partial charge is 0.310 e. The monoisotopic (exact) mass is 267 g/mol. The van der Waals surface area contributed by atoms with E-state index in [1.165, 1.54) is 63.5 Å². The van der Waals surface area contributed by atoms with E-state index in [-0.39, 0.29) is 0 Å². The van der Waals surface area contributed by atoms with Gasteiger partial charge in [-0.05, 0) is 45.1 Å². The van der Waals surface area contributed by atoms with Crippen LogP contribution < -0.4 is 5.32 Å². The van der Waals surface area contributed by atoms with Crippen molar-refractivity contribution in [2.45, 2.75) is 76.0 Å². The van der Waals surface area contributed by atoms with Crippen LogP contribution in [0.1, 0.15) is 64.7 Å². The van der Waals surface area contributed by atoms with Crippen molar-refractivity contribution in [3.8, 4) is 0 Å². The fourth-order valence-electron chi connectivity index (χ4n) is 3.19. The first-order valence-electron chi connectivity index (χ1n) is 7.94. The Morgan fingerprint density at radius 2 is 2.06 bits per heavy atom. The zero-order valence-corrected chi connectivity index (χ0v) is 12.7. The lowest BCUT2D eigenvalue weighted by Gasteiger charge is -2.27. The molecule has 1 N–H and O–H groups in total. The minimum atomic E-state index is 0.655. The van der Waals surface area contributed by atoms with E-state index in [0.29, 0.717) is 6.04 Å². The van der Waals surface area contributed by atoms with Crippen molar-refractivity contribution in [1.29, 1.82) is 0 Å². The van der Waals surface area contributed by atoms with Crippen LogP contribution in [0.25, 0.3) is 0 Å². The number of hydrogen-bond donors (Lipinski definition) is 1. The molecule has 0 amide bonds. The highest BCUT2D eigenvalue weighted by Crippen LogP contribution is 2.30. The van der Waals surface area contributed by atoms with Crippen molar-refractivity contribution >= 4 is 11.8 Å². The zero-order chi connectivity index (χ0) is 12.6. The molecule has 0 saturated heterocycles. The summed E-state index contributed by atoms with van der Waals surface area (Å²) in [7, 11) is 0.